The molecule has 0 amide bonds. The third-order valence-corrected chi connectivity index (χ3v) is 6.83. The molecule has 1 aromatic heterocycles. The van der Waals surface area contributed by atoms with Crippen LogP contribution in [0.5, 0.6) is 11.5 Å². The summed E-state index contributed by atoms with van der Waals surface area (Å²) >= 11 is 0. The molecule has 1 heterocycles. The number of nitrogens with one attached hydrogen (secondary N) is 2. The summed E-state index contributed by atoms with van der Waals surface area (Å²) < 4.78 is 43.5. The van der Waals surface area contributed by atoms with Crippen molar-refractivity contribution in [2.24, 2.45) is 0 Å². The van der Waals surface area contributed by atoms with Crippen LogP contribution in [0.1, 0.15) is 17.5 Å². The smallest absolute Gasteiger partial charge is 0.260 e. The predicted octanol–water partition coefficient (Wildman–Crippen LogP) is 2.20. The zero-order valence-electron chi connectivity index (χ0n) is 20.0. The van der Waals surface area contributed by atoms with E-state index >= 15 is 0 Å². The highest BCUT2D eigenvalue weighted by molar-refractivity contribution is 7.89. The molecule has 184 valence electrons. The number of aryl methyl sites for hydroxylation is 1. The lowest BCUT2D eigenvalue weighted by Crippen LogP contribution is -2.26. The molecule has 0 aliphatic heterocycles. The van der Waals surface area contributed by atoms with Crippen LogP contribution in [-0.4, -0.2) is 59.9 Å². The zero-order chi connectivity index (χ0) is 24.9. The van der Waals surface area contributed by atoms with Crippen LogP contribution in [0.3, 0.4) is 0 Å². The Kier molecular flexibility index (Phi) is 8.13. The van der Waals surface area contributed by atoms with Gasteiger partial charge in [-0.3, -0.25) is 9.78 Å². The van der Waals surface area contributed by atoms with Crippen LogP contribution in [0, 0.1) is 6.92 Å². The van der Waals surface area contributed by atoms with Crippen LogP contribution in [0.25, 0.3) is 10.9 Å². The Morgan fingerprint density at radius 3 is 2.59 bits per heavy atom. The van der Waals surface area contributed by atoms with Gasteiger partial charge in [-0.15, -0.1) is 0 Å². The molecule has 0 aliphatic carbocycles. The van der Waals surface area contributed by atoms with Crippen LogP contribution in [0.4, 0.5) is 5.95 Å². The third kappa shape index (κ3) is 5.49. The van der Waals surface area contributed by atoms with Crippen LogP contribution < -0.4 is 24.7 Å². The van der Waals surface area contributed by atoms with Gasteiger partial charge in [0.25, 0.3) is 5.56 Å². The second-order valence-electron chi connectivity index (χ2n) is 7.77. The molecule has 2 N–H and O–H groups in total. The molecule has 11 heteroatoms. The van der Waals surface area contributed by atoms with E-state index in [1.165, 1.54) is 14.2 Å². The van der Waals surface area contributed by atoms with Gasteiger partial charge in [-0.2, -0.15) is 0 Å². The third-order valence-electron chi connectivity index (χ3n) is 5.37. The number of rotatable bonds is 11. The van der Waals surface area contributed by atoms with E-state index in [0.717, 1.165) is 5.56 Å². The normalized spacial score (nSPS) is 11.6. The van der Waals surface area contributed by atoms with E-state index in [0.29, 0.717) is 53.5 Å². The molecule has 0 unspecified atom stereocenters. The fourth-order valence-corrected chi connectivity index (χ4v) is 4.83. The number of ether oxygens (including phenoxy) is 3. The average Bonchev–Trinajstić information content (AvgIpc) is 2.81. The maximum atomic E-state index is 12.9. The predicted molar refractivity (Wildman–Crippen MR) is 130 cm³/mol. The Balaban J connectivity index is 1.87. The van der Waals surface area contributed by atoms with Crippen molar-refractivity contribution in [2.75, 3.05) is 46.4 Å². The number of nitrogens with zero attached hydrogens (tertiary/aromatic N) is 2. The molecular weight excluding hydrogens is 460 g/mol. The van der Waals surface area contributed by atoms with Gasteiger partial charge < -0.3 is 19.1 Å². The van der Waals surface area contributed by atoms with E-state index in [9.17, 15) is 13.2 Å². The van der Waals surface area contributed by atoms with Gasteiger partial charge in [0, 0.05) is 45.5 Å². The zero-order valence-corrected chi connectivity index (χ0v) is 20.8. The SMILES string of the molecule is COCCCNS(=O)(=O)c1cccc(CN(C)c2nc3cc(OC)c(OC)c(C)c3c(=O)[nH]2)c1. The highest BCUT2D eigenvalue weighted by Gasteiger charge is 2.18. The van der Waals surface area contributed by atoms with Crippen molar-refractivity contribution >= 4 is 26.9 Å². The number of aromatic nitrogens is 2. The first kappa shape index (κ1) is 25.5. The van der Waals surface area contributed by atoms with E-state index in [-0.39, 0.29) is 17.0 Å². The molecule has 2 aromatic carbocycles. The minimum Gasteiger partial charge on any atom is -0.493 e. The summed E-state index contributed by atoms with van der Waals surface area (Å²) in [6.45, 7) is 2.87. The number of hydrogen-bond donors (Lipinski definition) is 2. The lowest BCUT2D eigenvalue weighted by atomic mass is 10.1. The summed E-state index contributed by atoms with van der Waals surface area (Å²) in [5.41, 5.74) is 1.54. The van der Waals surface area contributed by atoms with Crippen LogP contribution in [-0.2, 0) is 21.3 Å². The van der Waals surface area contributed by atoms with E-state index in [1.807, 2.05) is 6.07 Å². The summed E-state index contributed by atoms with van der Waals surface area (Å²) in [5.74, 6) is 1.31. The molecule has 0 saturated heterocycles. The quantitative estimate of drug-likeness (QED) is 0.392. The minimum atomic E-state index is -3.64. The lowest BCUT2D eigenvalue weighted by molar-refractivity contribution is 0.196. The van der Waals surface area contributed by atoms with Gasteiger partial charge in [-0.1, -0.05) is 12.1 Å². The molecule has 0 saturated carbocycles. The van der Waals surface area contributed by atoms with Crippen LogP contribution in [0.2, 0.25) is 0 Å². The fourth-order valence-electron chi connectivity index (χ4n) is 3.69. The van der Waals surface area contributed by atoms with Crippen LogP contribution in [0.15, 0.2) is 40.0 Å². The molecule has 0 spiro atoms. The van der Waals surface area contributed by atoms with Gasteiger partial charge in [0.2, 0.25) is 16.0 Å². The molecule has 0 atom stereocenters. The number of anilines is 1. The number of fused-ring (bicyclic) bond motifs is 1. The monoisotopic (exact) mass is 490 g/mol. The molecule has 0 fully saturated rings. The Hall–Kier alpha value is -3.15. The molecule has 34 heavy (non-hydrogen) atoms. The van der Waals surface area contributed by atoms with Crippen LogP contribution >= 0.6 is 0 Å². The van der Waals surface area contributed by atoms with E-state index in [4.69, 9.17) is 14.2 Å². The van der Waals surface area contributed by atoms with Crippen molar-refractivity contribution in [2.45, 2.75) is 24.8 Å². The maximum Gasteiger partial charge on any atom is 0.260 e. The molecule has 10 nitrogen and oxygen atoms in total. The standard InChI is InChI=1S/C23H30N4O6S/c1-15-20-18(13-19(32-4)21(15)33-5)25-23(26-22(20)28)27(2)14-16-8-6-9-17(12-16)34(29,30)24-10-7-11-31-3/h6,8-9,12-13,24H,7,10-11,14H2,1-5H3,(H,25,26,28). The summed E-state index contributed by atoms with van der Waals surface area (Å²) in [7, 11) is 2.74. The number of methoxy groups -OCH3 is 3. The molecule has 3 aromatic rings. The number of benzene rings is 2. The highest BCUT2D eigenvalue weighted by Crippen LogP contribution is 2.35. The Bertz CT molecular complexity index is 1320. The average molecular weight is 491 g/mol. The minimum absolute atomic E-state index is 0.170. The number of H-pyrrole nitrogens is 1. The van der Waals surface area contributed by atoms with Crippen molar-refractivity contribution in [1.29, 1.82) is 0 Å². The summed E-state index contributed by atoms with van der Waals surface area (Å²) in [6.07, 6.45) is 0.579. The van der Waals surface area contributed by atoms with Crippen molar-refractivity contribution in [3.05, 3.63) is 51.8 Å². The van der Waals surface area contributed by atoms with Gasteiger partial charge in [-0.05, 0) is 31.0 Å². The van der Waals surface area contributed by atoms with Gasteiger partial charge in [0.15, 0.2) is 11.5 Å². The maximum absolute atomic E-state index is 12.9. The largest absolute Gasteiger partial charge is 0.493 e. The second-order valence-corrected chi connectivity index (χ2v) is 9.54. The van der Waals surface area contributed by atoms with Crippen molar-refractivity contribution < 1.29 is 22.6 Å². The van der Waals surface area contributed by atoms with Crippen molar-refractivity contribution in [1.82, 2.24) is 14.7 Å². The molecule has 3 rings (SSSR count). The Morgan fingerprint density at radius 2 is 1.91 bits per heavy atom. The molecule has 0 radical (unpaired) electrons. The summed E-state index contributed by atoms with van der Waals surface area (Å²) in [4.78, 5) is 22.2. The Morgan fingerprint density at radius 1 is 1.15 bits per heavy atom. The summed E-state index contributed by atoms with van der Waals surface area (Å²) in [5, 5.41) is 0.419. The molecular formula is C23H30N4O6S. The molecule has 0 bridgehead atoms. The number of aromatic amines is 1. The first-order valence-corrected chi connectivity index (χ1v) is 12.1. The second kappa shape index (κ2) is 10.9. The van der Waals surface area contributed by atoms with Crippen molar-refractivity contribution in [3.8, 4) is 11.5 Å². The number of hydrogen-bond acceptors (Lipinski definition) is 8. The van der Waals surface area contributed by atoms with Gasteiger partial charge in [0.05, 0.1) is 30.0 Å². The van der Waals surface area contributed by atoms with Gasteiger partial charge in [-0.25, -0.2) is 18.1 Å². The first-order valence-electron chi connectivity index (χ1n) is 10.7. The summed E-state index contributed by atoms with van der Waals surface area (Å²) in [6, 6.07) is 8.31. The van der Waals surface area contributed by atoms with E-state index in [1.54, 1.807) is 50.2 Å². The highest BCUT2D eigenvalue weighted by atomic mass is 32.2. The van der Waals surface area contributed by atoms with Crippen molar-refractivity contribution in [3.63, 3.8) is 0 Å². The lowest BCUT2D eigenvalue weighted by Gasteiger charge is -2.19. The van der Waals surface area contributed by atoms with E-state index in [2.05, 4.69) is 14.7 Å². The topological polar surface area (TPSA) is 123 Å². The first-order chi connectivity index (χ1) is 16.2. The van der Waals surface area contributed by atoms with Gasteiger partial charge in [0.1, 0.15) is 0 Å². The molecule has 0 aliphatic rings. The van der Waals surface area contributed by atoms with Gasteiger partial charge >= 0.3 is 0 Å². The number of sulfonamides is 1. The van der Waals surface area contributed by atoms with E-state index < -0.39 is 10.0 Å². The Labute approximate surface area is 198 Å². The fraction of sp³-hybridized carbons (Fsp3) is 0.391.